The summed E-state index contributed by atoms with van der Waals surface area (Å²) < 4.78 is 11.2. The largest absolute Gasteiger partial charge is 0.446 e. The highest BCUT2D eigenvalue weighted by atomic mass is 16.6. The van der Waals surface area contributed by atoms with Crippen molar-refractivity contribution in [2.45, 2.75) is 168 Å². The Morgan fingerprint density at radius 3 is 2.12 bits per heavy atom. The minimum absolute atomic E-state index is 0.0487. The normalized spacial score (nSPS) is 20.2. The smallest absolute Gasteiger partial charge is 0.408 e. The summed E-state index contributed by atoms with van der Waals surface area (Å²) in [6.07, 6.45) is 5.09. The Morgan fingerprint density at radius 2 is 1.54 bits per heavy atom. The summed E-state index contributed by atoms with van der Waals surface area (Å²) in [4.78, 5) is 68.9. The van der Waals surface area contributed by atoms with Crippen molar-refractivity contribution in [3.8, 4) is 0 Å². The van der Waals surface area contributed by atoms with Crippen LogP contribution < -0.4 is 21.3 Å². The number of carbonyl (C=O) groups excluding carboxylic acids is 5. The molecule has 2 aliphatic rings. The molecule has 2 aliphatic heterocycles. The average molecular weight is 799 g/mol. The Balaban J connectivity index is 1.75. The van der Waals surface area contributed by atoms with Crippen LogP contribution in [0.3, 0.4) is 0 Å². The molecule has 57 heavy (non-hydrogen) atoms. The Morgan fingerprint density at radius 1 is 0.912 bits per heavy atom. The van der Waals surface area contributed by atoms with Crippen molar-refractivity contribution in [3.05, 3.63) is 48.0 Å². The van der Waals surface area contributed by atoms with E-state index in [1.165, 1.54) is 5.06 Å². The maximum absolute atomic E-state index is 14.4. The molecule has 3 rings (SSSR count). The number of piperidine rings is 1. The van der Waals surface area contributed by atoms with Gasteiger partial charge in [-0.3, -0.25) is 14.4 Å². The molecule has 1 aromatic rings. The number of alkyl carbamates (subject to hydrolysis) is 2. The lowest BCUT2D eigenvalue weighted by Gasteiger charge is -2.50. The van der Waals surface area contributed by atoms with Gasteiger partial charge in [0.1, 0.15) is 23.8 Å². The zero-order valence-electron chi connectivity index (χ0n) is 36.1. The van der Waals surface area contributed by atoms with Crippen LogP contribution >= 0.6 is 0 Å². The summed E-state index contributed by atoms with van der Waals surface area (Å²) in [6.45, 7) is 21.1. The van der Waals surface area contributed by atoms with Crippen molar-refractivity contribution in [1.29, 1.82) is 0 Å². The van der Waals surface area contributed by atoms with Crippen LogP contribution in [0.25, 0.3) is 0 Å². The number of likely N-dealkylation sites (tertiary alicyclic amines) is 1. The van der Waals surface area contributed by atoms with Crippen LogP contribution in [-0.2, 0) is 30.3 Å². The van der Waals surface area contributed by atoms with E-state index in [-0.39, 0.29) is 36.9 Å². The van der Waals surface area contributed by atoms with Crippen molar-refractivity contribution in [2.75, 3.05) is 13.1 Å². The average Bonchev–Trinajstić information content (AvgIpc) is 3.57. The van der Waals surface area contributed by atoms with Gasteiger partial charge in [0, 0.05) is 43.1 Å². The lowest BCUT2D eigenvalue weighted by atomic mass is 9.80. The van der Waals surface area contributed by atoms with Crippen molar-refractivity contribution in [3.63, 3.8) is 0 Å². The van der Waals surface area contributed by atoms with Crippen LogP contribution in [0, 0.1) is 11.8 Å². The van der Waals surface area contributed by atoms with Gasteiger partial charge in [0.15, 0.2) is 0 Å². The number of carbonyl (C=O) groups is 5. The molecule has 0 aromatic heterocycles. The third kappa shape index (κ3) is 15.3. The van der Waals surface area contributed by atoms with Crippen molar-refractivity contribution < 1.29 is 38.7 Å². The Hall–Kier alpha value is -4.17. The fraction of sp³-hybridized carbons (Fsp3) is 0.698. The topological polar surface area (TPSA) is 179 Å². The quantitative estimate of drug-likeness (QED) is 0.128. The van der Waals surface area contributed by atoms with E-state index in [9.17, 15) is 29.2 Å². The van der Waals surface area contributed by atoms with E-state index in [2.05, 4.69) is 35.1 Å². The SMILES string of the molecule is CC(C)C[C@@H](/C=C/[C@H](Cc1ccccc1)C(=O)N1CCC[C@H]1C(=O)N[C@@H](CCNC(=O)OC1CC(C)(C)N(O)C(C)(C)C1)C(=O)NC(C)C)NC(=O)OC(C)(C)C. The predicted molar refractivity (Wildman–Crippen MR) is 219 cm³/mol. The molecule has 2 fully saturated rings. The van der Waals surface area contributed by atoms with Crippen molar-refractivity contribution >= 4 is 29.9 Å². The number of ether oxygens (including phenoxy) is 2. The van der Waals surface area contributed by atoms with Gasteiger partial charge in [-0.25, -0.2) is 9.59 Å². The van der Waals surface area contributed by atoms with E-state index >= 15 is 0 Å². The van der Waals surface area contributed by atoms with Gasteiger partial charge in [0.25, 0.3) is 0 Å². The van der Waals surface area contributed by atoms with E-state index < -0.39 is 64.8 Å². The molecule has 0 aliphatic carbocycles. The van der Waals surface area contributed by atoms with Crippen LogP contribution in [-0.4, -0.2) is 105 Å². The number of hydroxylamine groups is 2. The molecule has 5 amide bonds. The first kappa shape index (κ1) is 47.2. The molecule has 0 saturated carbocycles. The number of nitrogens with zero attached hydrogens (tertiary/aromatic N) is 2. The molecule has 1 aromatic carbocycles. The summed E-state index contributed by atoms with van der Waals surface area (Å²) in [5, 5.41) is 23.3. The van der Waals surface area contributed by atoms with E-state index in [1.54, 1.807) is 25.7 Å². The van der Waals surface area contributed by atoms with Gasteiger partial charge in [-0.1, -0.05) is 56.3 Å². The van der Waals surface area contributed by atoms with Crippen LogP contribution in [0.2, 0.25) is 0 Å². The van der Waals surface area contributed by atoms with E-state index in [1.807, 2.05) is 84.0 Å². The number of hydrogen-bond donors (Lipinski definition) is 5. The van der Waals surface area contributed by atoms with Gasteiger partial charge in [0.05, 0.1) is 12.0 Å². The molecule has 320 valence electrons. The number of rotatable bonds is 16. The molecule has 14 heteroatoms. The molecule has 14 nitrogen and oxygen atoms in total. The standard InChI is InChI=1S/C43H70N6O8/c1-28(2)24-32(46-40(54)57-41(5,6)7)20-19-31(25-30-16-13-12-14-17-30)38(52)48-23-15-18-35(48)37(51)47-34(36(50)45-29(3)4)21-22-44-39(53)56-33-26-42(8,9)49(55)43(10,11)27-33/h12-14,16-17,19-20,28-29,31-35,55H,15,18,21-27H2,1-11H3,(H,44,53)(H,45,50)(H,46,54)(H,47,51)/b20-19+/t31-,32-,34+,35+/m1/s1. The van der Waals surface area contributed by atoms with Gasteiger partial charge in [0.2, 0.25) is 17.7 Å². The fourth-order valence-corrected chi connectivity index (χ4v) is 7.74. The second-order valence-electron chi connectivity index (χ2n) is 18.6. The molecular formula is C43H70N6O8. The third-order valence-electron chi connectivity index (χ3n) is 10.1. The lowest BCUT2D eigenvalue weighted by molar-refractivity contribution is -0.256. The number of nitrogens with one attached hydrogen (secondary N) is 4. The first-order chi connectivity index (χ1) is 26.5. The van der Waals surface area contributed by atoms with Gasteiger partial charge in [-0.2, -0.15) is 5.06 Å². The monoisotopic (exact) mass is 799 g/mol. The highest BCUT2D eigenvalue weighted by Gasteiger charge is 2.46. The van der Waals surface area contributed by atoms with Crippen LogP contribution in [0.1, 0.15) is 120 Å². The van der Waals surface area contributed by atoms with E-state index in [4.69, 9.17) is 9.47 Å². The summed E-state index contributed by atoms with van der Waals surface area (Å²) >= 11 is 0. The summed E-state index contributed by atoms with van der Waals surface area (Å²) in [7, 11) is 0. The molecule has 2 heterocycles. The number of amides is 5. The first-order valence-electron chi connectivity index (χ1n) is 20.5. The van der Waals surface area contributed by atoms with E-state index in [0.29, 0.717) is 45.1 Å². The second-order valence-corrected chi connectivity index (χ2v) is 18.6. The Labute approximate surface area is 340 Å². The Bertz CT molecular complexity index is 1520. The van der Waals surface area contributed by atoms with Gasteiger partial charge < -0.3 is 40.8 Å². The molecule has 0 radical (unpaired) electrons. The van der Waals surface area contributed by atoms with Crippen LogP contribution in [0.4, 0.5) is 9.59 Å². The Kier molecular flexibility index (Phi) is 17.0. The van der Waals surface area contributed by atoms with Gasteiger partial charge in [-0.15, -0.1) is 0 Å². The minimum Gasteiger partial charge on any atom is -0.446 e. The molecular weight excluding hydrogens is 729 g/mol. The molecule has 4 atom stereocenters. The third-order valence-corrected chi connectivity index (χ3v) is 10.1. The number of hydrogen-bond acceptors (Lipinski definition) is 9. The van der Waals surface area contributed by atoms with Gasteiger partial charge >= 0.3 is 12.2 Å². The highest BCUT2D eigenvalue weighted by molar-refractivity contribution is 5.93. The number of benzene rings is 1. The predicted octanol–water partition coefficient (Wildman–Crippen LogP) is 5.87. The molecule has 0 unspecified atom stereocenters. The van der Waals surface area contributed by atoms with E-state index in [0.717, 1.165) is 5.56 Å². The summed E-state index contributed by atoms with van der Waals surface area (Å²) in [5.74, 6) is -1.46. The molecule has 0 bridgehead atoms. The molecule has 5 N–H and O–H groups in total. The summed E-state index contributed by atoms with van der Waals surface area (Å²) in [6, 6.07) is 7.28. The van der Waals surface area contributed by atoms with Crippen LogP contribution in [0.15, 0.2) is 42.5 Å². The molecule has 2 saturated heterocycles. The minimum atomic E-state index is -0.982. The van der Waals surface area contributed by atoms with Crippen molar-refractivity contribution in [1.82, 2.24) is 31.2 Å². The fourth-order valence-electron chi connectivity index (χ4n) is 7.74. The maximum Gasteiger partial charge on any atom is 0.408 e. The highest BCUT2D eigenvalue weighted by Crippen LogP contribution is 2.38. The van der Waals surface area contributed by atoms with Crippen molar-refractivity contribution in [2.24, 2.45) is 11.8 Å². The summed E-state index contributed by atoms with van der Waals surface area (Å²) in [5.41, 5.74) is -0.915. The second kappa shape index (κ2) is 20.5. The molecule has 0 spiro atoms. The first-order valence-corrected chi connectivity index (χ1v) is 20.5. The zero-order valence-corrected chi connectivity index (χ0v) is 36.1. The zero-order chi connectivity index (χ0) is 42.7. The van der Waals surface area contributed by atoms with Crippen LogP contribution in [0.5, 0.6) is 0 Å². The van der Waals surface area contributed by atoms with Gasteiger partial charge in [-0.05, 0) is 106 Å². The lowest BCUT2D eigenvalue weighted by Crippen LogP contribution is -2.61. The maximum atomic E-state index is 14.4.